The van der Waals surface area contributed by atoms with Gasteiger partial charge in [-0.3, -0.25) is 14.6 Å². The lowest BCUT2D eigenvalue weighted by Gasteiger charge is -2.08. The van der Waals surface area contributed by atoms with Gasteiger partial charge in [0.1, 0.15) is 0 Å². The Hall–Kier alpha value is -2.64. The maximum absolute atomic E-state index is 12.5. The van der Waals surface area contributed by atoms with E-state index in [1.807, 2.05) is 32.3 Å². The van der Waals surface area contributed by atoms with Crippen LogP contribution in [0.25, 0.3) is 11.1 Å². The van der Waals surface area contributed by atoms with E-state index in [-0.39, 0.29) is 12.3 Å². The van der Waals surface area contributed by atoms with E-state index < -0.39 is 0 Å². The van der Waals surface area contributed by atoms with Gasteiger partial charge in [0.2, 0.25) is 5.91 Å². The van der Waals surface area contributed by atoms with Crippen LogP contribution in [0.5, 0.6) is 0 Å². The molecule has 1 aromatic carbocycles. The Balaban J connectivity index is 1.86. The fraction of sp³-hybridized carbons (Fsp3) is 0.278. The molecular weight excluding hydrogens is 354 g/mol. The smallest absolute Gasteiger partial charge is 0.230 e. The van der Waals surface area contributed by atoms with Crippen LogP contribution in [0.15, 0.2) is 30.5 Å². The highest BCUT2D eigenvalue weighted by Crippen LogP contribution is 2.31. The van der Waals surface area contributed by atoms with Crippen LogP contribution in [0.4, 0.5) is 5.82 Å². The molecule has 0 aliphatic rings. The van der Waals surface area contributed by atoms with Gasteiger partial charge in [-0.05, 0) is 24.6 Å². The molecule has 0 atom stereocenters. The zero-order chi connectivity index (χ0) is 18.7. The lowest BCUT2D eigenvalue weighted by molar-refractivity contribution is -0.115. The zero-order valence-corrected chi connectivity index (χ0v) is 15.6. The number of ether oxygens (including phenoxy) is 1. The molecule has 0 spiro atoms. The van der Waals surface area contributed by atoms with Gasteiger partial charge in [-0.1, -0.05) is 23.7 Å². The number of aryl methyl sites for hydroxylation is 2. The standard InChI is InChI=1S/C18H20ClN5O2/c1-11-13(9-24(2)23-11)8-16(25)20-18-17(15(10-26-3)21-22-18)12-4-6-14(19)7-5-12/h4-7,9H,8,10H2,1-3H3,(H2,20,21,22,25). The zero-order valence-electron chi connectivity index (χ0n) is 14.8. The van der Waals surface area contributed by atoms with E-state index in [9.17, 15) is 4.79 Å². The third-order valence-corrected chi connectivity index (χ3v) is 4.24. The van der Waals surface area contributed by atoms with Crippen LogP contribution in [-0.4, -0.2) is 33.0 Å². The van der Waals surface area contributed by atoms with Gasteiger partial charge in [0.15, 0.2) is 5.82 Å². The summed E-state index contributed by atoms with van der Waals surface area (Å²) in [4.78, 5) is 12.5. The molecule has 8 heteroatoms. The molecule has 0 unspecified atom stereocenters. The largest absolute Gasteiger partial charge is 0.378 e. The van der Waals surface area contributed by atoms with Crippen LogP contribution in [0.1, 0.15) is 17.0 Å². The van der Waals surface area contributed by atoms with Crippen LogP contribution in [0, 0.1) is 6.92 Å². The lowest BCUT2D eigenvalue weighted by Crippen LogP contribution is -2.15. The number of halogens is 1. The average molecular weight is 374 g/mol. The van der Waals surface area contributed by atoms with E-state index in [1.54, 1.807) is 23.9 Å². The van der Waals surface area contributed by atoms with Gasteiger partial charge in [0.05, 0.1) is 24.4 Å². The molecule has 2 N–H and O–H groups in total. The van der Waals surface area contributed by atoms with Crippen molar-refractivity contribution < 1.29 is 9.53 Å². The number of anilines is 1. The first-order valence-electron chi connectivity index (χ1n) is 8.09. The summed E-state index contributed by atoms with van der Waals surface area (Å²) >= 11 is 5.98. The number of hydrogen-bond donors (Lipinski definition) is 2. The molecule has 7 nitrogen and oxygen atoms in total. The molecule has 1 amide bonds. The Labute approximate surface area is 156 Å². The number of hydrogen-bond acceptors (Lipinski definition) is 4. The molecule has 2 aromatic heterocycles. The highest BCUT2D eigenvalue weighted by atomic mass is 35.5. The van der Waals surface area contributed by atoms with Crippen LogP contribution in [0.3, 0.4) is 0 Å². The van der Waals surface area contributed by atoms with Crippen molar-refractivity contribution in [1.29, 1.82) is 0 Å². The fourth-order valence-corrected chi connectivity index (χ4v) is 2.94. The highest BCUT2D eigenvalue weighted by Gasteiger charge is 2.18. The van der Waals surface area contributed by atoms with Crippen molar-refractivity contribution in [3.05, 3.63) is 52.4 Å². The lowest BCUT2D eigenvalue weighted by atomic mass is 10.1. The summed E-state index contributed by atoms with van der Waals surface area (Å²) in [6.07, 6.45) is 2.07. The molecule has 3 rings (SSSR count). The number of nitrogens with one attached hydrogen (secondary N) is 2. The normalized spacial score (nSPS) is 10.9. The molecule has 26 heavy (non-hydrogen) atoms. The summed E-state index contributed by atoms with van der Waals surface area (Å²) in [5.74, 6) is 0.303. The summed E-state index contributed by atoms with van der Waals surface area (Å²) in [6, 6.07) is 7.36. The Morgan fingerprint density at radius 2 is 2.08 bits per heavy atom. The fourth-order valence-electron chi connectivity index (χ4n) is 2.82. The van der Waals surface area contributed by atoms with Gasteiger partial charge in [-0.2, -0.15) is 10.2 Å². The second kappa shape index (κ2) is 7.72. The van der Waals surface area contributed by atoms with Crippen molar-refractivity contribution in [1.82, 2.24) is 20.0 Å². The Kier molecular flexibility index (Phi) is 5.39. The number of aromatic nitrogens is 4. The van der Waals surface area contributed by atoms with Gasteiger partial charge in [0.25, 0.3) is 0 Å². The second-order valence-corrected chi connectivity index (χ2v) is 6.44. The SMILES string of the molecule is COCc1[nH]nc(NC(=O)Cc2cn(C)nc2C)c1-c1ccc(Cl)cc1. The predicted octanol–water partition coefficient (Wildman–Crippen LogP) is 3.10. The third kappa shape index (κ3) is 3.95. The molecule has 0 saturated carbocycles. The summed E-state index contributed by atoms with van der Waals surface area (Å²) in [7, 11) is 3.44. The second-order valence-electron chi connectivity index (χ2n) is 6.00. The Morgan fingerprint density at radius 3 is 2.69 bits per heavy atom. The summed E-state index contributed by atoms with van der Waals surface area (Å²) < 4.78 is 6.92. The van der Waals surface area contributed by atoms with Gasteiger partial charge in [-0.15, -0.1) is 0 Å². The van der Waals surface area contributed by atoms with E-state index in [2.05, 4.69) is 20.6 Å². The molecule has 3 aromatic rings. The minimum atomic E-state index is -0.160. The minimum Gasteiger partial charge on any atom is -0.378 e. The first-order chi connectivity index (χ1) is 12.5. The van der Waals surface area contributed by atoms with Gasteiger partial charge in [-0.25, -0.2) is 0 Å². The van der Waals surface area contributed by atoms with Crippen molar-refractivity contribution in [2.45, 2.75) is 20.0 Å². The van der Waals surface area contributed by atoms with E-state index in [0.717, 1.165) is 28.1 Å². The monoisotopic (exact) mass is 373 g/mol. The van der Waals surface area contributed by atoms with Crippen molar-refractivity contribution in [3.8, 4) is 11.1 Å². The van der Waals surface area contributed by atoms with Crippen molar-refractivity contribution in [2.24, 2.45) is 7.05 Å². The van der Waals surface area contributed by atoms with Gasteiger partial charge < -0.3 is 10.1 Å². The molecule has 0 aliphatic carbocycles. The van der Waals surface area contributed by atoms with Crippen molar-refractivity contribution >= 4 is 23.3 Å². The van der Waals surface area contributed by atoms with Gasteiger partial charge >= 0.3 is 0 Å². The molecule has 0 bridgehead atoms. The van der Waals surface area contributed by atoms with E-state index in [0.29, 0.717) is 17.4 Å². The number of H-pyrrole nitrogens is 1. The molecule has 0 radical (unpaired) electrons. The Morgan fingerprint density at radius 1 is 1.35 bits per heavy atom. The number of benzene rings is 1. The topological polar surface area (TPSA) is 84.8 Å². The van der Waals surface area contributed by atoms with Crippen LogP contribution >= 0.6 is 11.6 Å². The van der Waals surface area contributed by atoms with E-state index in [1.165, 1.54) is 0 Å². The van der Waals surface area contributed by atoms with Crippen LogP contribution in [0.2, 0.25) is 5.02 Å². The maximum atomic E-state index is 12.5. The van der Waals surface area contributed by atoms with Crippen molar-refractivity contribution in [3.63, 3.8) is 0 Å². The first-order valence-corrected chi connectivity index (χ1v) is 8.46. The average Bonchev–Trinajstić information content (AvgIpc) is 3.12. The molecule has 0 aliphatic heterocycles. The quantitative estimate of drug-likeness (QED) is 0.695. The maximum Gasteiger partial charge on any atom is 0.230 e. The first kappa shape index (κ1) is 18.2. The molecule has 0 fully saturated rings. The number of aromatic amines is 1. The van der Waals surface area contributed by atoms with Crippen molar-refractivity contribution in [2.75, 3.05) is 12.4 Å². The highest BCUT2D eigenvalue weighted by molar-refractivity contribution is 6.30. The number of carbonyl (C=O) groups excluding carboxylic acids is 1. The Bertz CT molecular complexity index is 914. The minimum absolute atomic E-state index is 0.160. The van der Waals surface area contributed by atoms with E-state index >= 15 is 0 Å². The van der Waals surface area contributed by atoms with E-state index in [4.69, 9.17) is 16.3 Å². The predicted molar refractivity (Wildman–Crippen MR) is 100 cm³/mol. The third-order valence-electron chi connectivity index (χ3n) is 3.99. The number of carbonyl (C=O) groups is 1. The number of methoxy groups -OCH3 is 1. The molecule has 136 valence electrons. The van der Waals surface area contributed by atoms with Gasteiger partial charge in [0, 0.05) is 36.5 Å². The molecular formula is C18H20ClN5O2. The molecule has 2 heterocycles. The summed E-state index contributed by atoms with van der Waals surface area (Å²) in [5.41, 5.74) is 4.18. The van der Waals surface area contributed by atoms with Crippen LogP contribution < -0.4 is 5.32 Å². The molecule has 0 saturated heterocycles. The number of rotatable bonds is 6. The number of amides is 1. The van der Waals surface area contributed by atoms with Crippen LogP contribution in [-0.2, 0) is 29.6 Å². The number of nitrogens with zero attached hydrogens (tertiary/aromatic N) is 3. The summed E-state index contributed by atoms with van der Waals surface area (Å²) in [6.45, 7) is 2.23. The summed E-state index contributed by atoms with van der Waals surface area (Å²) in [5, 5.41) is 15.0.